The van der Waals surface area contributed by atoms with Crippen LogP contribution in [0.4, 0.5) is 0 Å². The third-order valence-electron chi connectivity index (χ3n) is 15.4. The lowest BCUT2D eigenvalue weighted by atomic mass is 9.41. The molecule has 5 aliphatic carbocycles. The van der Waals surface area contributed by atoms with E-state index in [1.807, 2.05) is 0 Å². The highest BCUT2D eigenvalue weighted by Gasteiger charge is 2.84. The van der Waals surface area contributed by atoms with Crippen molar-refractivity contribution in [3.8, 4) is 0 Å². The largest absolute Gasteiger partial charge is 0.390 e. The maximum atomic E-state index is 13.1. The predicted molar refractivity (Wildman–Crippen MR) is 160 cm³/mol. The van der Waals surface area contributed by atoms with Crippen LogP contribution in [-0.4, -0.2) is 92.5 Å². The number of ketones is 1. The van der Waals surface area contributed by atoms with Crippen LogP contribution in [0, 0.1) is 50.7 Å². The summed E-state index contributed by atoms with van der Waals surface area (Å²) in [4.78, 5) is 13.1. The number of aliphatic hydroxyl groups excluding tert-OH is 4. The molecule has 5 saturated carbocycles. The first kappa shape index (κ1) is 31.9. The summed E-state index contributed by atoms with van der Waals surface area (Å²) < 4.78 is 18.6. The van der Waals surface area contributed by atoms with Gasteiger partial charge in [0.25, 0.3) is 0 Å². The van der Waals surface area contributed by atoms with Gasteiger partial charge in [-0.2, -0.15) is 0 Å². The van der Waals surface area contributed by atoms with Crippen LogP contribution in [0.3, 0.4) is 0 Å². The van der Waals surface area contributed by atoms with Crippen LogP contribution in [0.5, 0.6) is 0 Å². The molecule has 5 N–H and O–H groups in total. The van der Waals surface area contributed by atoms with E-state index in [-0.39, 0.29) is 57.4 Å². The Morgan fingerprint density at radius 2 is 1.57 bits per heavy atom. The Balaban J connectivity index is 1.15. The van der Waals surface area contributed by atoms with Gasteiger partial charge >= 0.3 is 0 Å². The minimum absolute atomic E-state index is 0.0646. The van der Waals surface area contributed by atoms with Crippen molar-refractivity contribution in [1.29, 1.82) is 0 Å². The van der Waals surface area contributed by atoms with Crippen molar-refractivity contribution in [1.82, 2.24) is 0 Å². The van der Waals surface area contributed by atoms with Gasteiger partial charge in [0, 0.05) is 5.41 Å². The Labute approximate surface area is 262 Å². The topological polar surface area (TPSA) is 146 Å². The number of Topliss-reactive ketones (excluding diaryl/α,β-unsaturated/α-hetero) is 1. The van der Waals surface area contributed by atoms with Crippen molar-refractivity contribution < 1.29 is 44.5 Å². The molecule has 0 radical (unpaired) electrons. The van der Waals surface area contributed by atoms with E-state index in [2.05, 4.69) is 34.6 Å². The second-order valence-corrected chi connectivity index (χ2v) is 17.8. The molecule has 7 fully saturated rings. The van der Waals surface area contributed by atoms with Gasteiger partial charge in [-0.3, -0.25) is 4.79 Å². The number of carbonyl (C=O) groups is 1. The number of fused-ring (bicyclic) bond motifs is 4. The molecule has 0 aromatic heterocycles. The standard InChI is InChI=1S/C35H56O9/c1-17-14-19(27(39)31(4,5)41)43-26-23(17)32(6)12-13-35-16-34(35)11-10-22(44-29-25(38)24(37)18(36)15-42-29)30(2,3)20(34)8-9-21(35)33(32,7)28(26)40/h17-26,28-29,36-38,40-41H,8-16H2,1-7H3/t17-,18-,19-,20+,21+,22+,23?,24+,25-,26?,28+,29+,32-,33-,34-,35+/m1/s1. The zero-order chi connectivity index (χ0) is 32.0. The van der Waals surface area contributed by atoms with Gasteiger partial charge in [-0.15, -0.1) is 0 Å². The third kappa shape index (κ3) is 3.84. The molecule has 7 rings (SSSR count). The van der Waals surface area contributed by atoms with Gasteiger partial charge in [0.15, 0.2) is 12.1 Å². The zero-order valence-electron chi connectivity index (χ0n) is 27.7. The summed E-state index contributed by atoms with van der Waals surface area (Å²) in [6.07, 6.45) is 1.27. The Morgan fingerprint density at radius 1 is 0.909 bits per heavy atom. The van der Waals surface area contributed by atoms with E-state index < -0.39 is 48.5 Å². The van der Waals surface area contributed by atoms with Crippen LogP contribution in [0.25, 0.3) is 0 Å². The van der Waals surface area contributed by atoms with Crippen molar-refractivity contribution in [2.45, 2.75) is 154 Å². The molecule has 2 saturated heterocycles. The summed E-state index contributed by atoms with van der Waals surface area (Å²) in [5.74, 6) is 0.858. The van der Waals surface area contributed by atoms with E-state index in [0.717, 1.165) is 38.5 Å². The number of carbonyl (C=O) groups excluding carboxylic acids is 1. The van der Waals surface area contributed by atoms with Gasteiger partial charge in [-0.1, -0.05) is 34.6 Å². The lowest BCUT2D eigenvalue weighted by molar-refractivity contribution is -0.303. The van der Waals surface area contributed by atoms with Gasteiger partial charge in [-0.25, -0.2) is 0 Å². The third-order valence-corrected chi connectivity index (χ3v) is 15.4. The molecule has 9 nitrogen and oxygen atoms in total. The molecule has 2 spiro atoms. The number of hydrogen-bond donors (Lipinski definition) is 5. The monoisotopic (exact) mass is 620 g/mol. The van der Waals surface area contributed by atoms with Gasteiger partial charge in [0.2, 0.25) is 0 Å². The quantitative estimate of drug-likeness (QED) is 0.300. The smallest absolute Gasteiger partial charge is 0.192 e. The van der Waals surface area contributed by atoms with E-state index in [0.29, 0.717) is 18.3 Å². The fraction of sp³-hybridized carbons (Fsp3) is 0.971. The minimum atomic E-state index is -1.47. The summed E-state index contributed by atoms with van der Waals surface area (Å²) in [7, 11) is 0. The lowest BCUT2D eigenvalue weighted by Gasteiger charge is -2.64. The van der Waals surface area contributed by atoms with Crippen LogP contribution < -0.4 is 0 Å². The molecule has 9 heteroatoms. The Hall–Kier alpha value is -0.650. The van der Waals surface area contributed by atoms with E-state index in [4.69, 9.17) is 14.2 Å². The van der Waals surface area contributed by atoms with E-state index in [1.165, 1.54) is 20.3 Å². The molecular weight excluding hydrogens is 564 g/mol. The highest BCUT2D eigenvalue weighted by molar-refractivity contribution is 5.90. The first-order valence-electron chi connectivity index (χ1n) is 17.3. The molecular formula is C35H56O9. The van der Waals surface area contributed by atoms with Gasteiger partial charge in [0.05, 0.1) is 24.9 Å². The van der Waals surface area contributed by atoms with Gasteiger partial charge in [0.1, 0.15) is 30.0 Å². The minimum Gasteiger partial charge on any atom is -0.390 e. The van der Waals surface area contributed by atoms with Crippen molar-refractivity contribution >= 4 is 5.78 Å². The van der Waals surface area contributed by atoms with Crippen LogP contribution in [0.1, 0.15) is 99.8 Å². The Kier molecular flexibility index (Phi) is 7.05. The SMILES string of the molecule is C[C@@H]1C[C@H](C(=O)C(C)(C)O)OC2C1[C@@]1(C)CC[C@@]34C[C@@]35CC[C@H](O[C@@H]3OC[C@@H](O)[C@H](O)[C@H]3O)C(C)(C)[C@@H]5CC[C@H]4[C@]1(C)[C@H]2O. The first-order valence-corrected chi connectivity index (χ1v) is 17.3. The number of ether oxygens (including phenoxy) is 3. The molecule has 250 valence electrons. The molecule has 0 bridgehead atoms. The Bertz CT molecular complexity index is 1180. The van der Waals surface area contributed by atoms with Crippen LogP contribution in [-0.2, 0) is 19.0 Å². The summed E-state index contributed by atoms with van der Waals surface area (Å²) in [5.41, 5.74) is -1.75. The zero-order valence-corrected chi connectivity index (χ0v) is 27.7. The second kappa shape index (κ2) is 9.71. The highest BCUT2D eigenvalue weighted by atomic mass is 16.7. The van der Waals surface area contributed by atoms with Crippen LogP contribution >= 0.6 is 0 Å². The maximum Gasteiger partial charge on any atom is 0.192 e. The summed E-state index contributed by atoms with van der Waals surface area (Å²) in [5, 5.41) is 53.5. The second-order valence-electron chi connectivity index (χ2n) is 17.8. The molecule has 16 atom stereocenters. The molecule has 0 aromatic carbocycles. The van der Waals surface area contributed by atoms with Crippen molar-refractivity contribution in [2.75, 3.05) is 6.61 Å². The van der Waals surface area contributed by atoms with Crippen molar-refractivity contribution in [3.63, 3.8) is 0 Å². The van der Waals surface area contributed by atoms with E-state index in [1.54, 1.807) is 0 Å². The van der Waals surface area contributed by atoms with Crippen molar-refractivity contribution in [3.05, 3.63) is 0 Å². The average Bonchev–Trinajstić information content (AvgIpc) is 3.58. The molecule has 2 unspecified atom stereocenters. The van der Waals surface area contributed by atoms with E-state index in [9.17, 15) is 30.3 Å². The highest BCUT2D eigenvalue weighted by Crippen LogP contribution is 2.89. The molecule has 2 aliphatic heterocycles. The van der Waals surface area contributed by atoms with Gasteiger partial charge < -0.3 is 39.7 Å². The normalized spacial score (nSPS) is 57.7. The van der Waals surface area contributed by atoms with Crippen LogP contribution in [0.15, 0.2) is 0 Å². The fourth-order valence-electron chi connectivity index (χ4n) is 13.1. The van der Waals surface area contributed by atoms with E-state index >= 15 is 0 Å². The predicted octanol–water partition coefficient (Wildman–Crippen LogP) is 2.96. The summed E-state index contributed by atoms with van der Waals surface area (Å²) in [6, 6.07) is 0. The number of aliphatic hydroxyl groups is 5. The maximum absolute atomic E-state index is 13.1. The molecule has 0 aromatic rings. The van der Waals surface area contributed by atoms with Crippen LogP contribution in [0.2, 0.25) is 0 Å². The molecule has 7 aliphatic rings. The molecule has 2 heterocycles. The number of rotatable bonds is 4. The summed E-state index contributed by atoms with van der Waals surface area (Å²) in [6.45, 7) is 14.5. The lowest BCUT2D eigenvalue weighted by Crippen LogP contribution is -2.61. The molecule has 44 heavy (non-hydrogen) atoms. The first-order chi connectivity index (χ1) is 20.4. The summed E-state index contributed by atoms with van der Waals surface area (Å²) >= 11 is 0. The fourth-order valence-corrected chi connectivity index (χ4v) is 13.1. The number of hydrogen-bond acceptors (Lipinski definition) is 9. The van der Waals surface area contributed by atoms with Crippen molar-refractivity contribution in [2.24, 2.45) is 50.7 Å². The Morgan fingerprint density at radius 3 is 2.25 bits per heavy atom. The molecule has 0 amide bonds. The average molecular weight is 621 g/mol. The van der Waals surface area contributed by atoms with Gasteiger partial charge in [-0.05, 0) is 111 Å².